The van der Waals surface area contributed by atoms with E-state index in [9.17, 15) is 0 Å². The van der Waals surface area contributed by atoms with Crippen LogP contribution in [0.25, 0.3) is 5.69 Å². The fourth-order valence-corrected chi connectivity index (χ4v) is 2.70. The van der Waals surface area contributed by atoms with Gasteiger partial charge in [0.2, 0.25) is 0 Å². The van der Waals surface area contributed by atoms with E-state index in [4.69, 9.17) is 0 Å². The van der Waals surface area contributed by atoms with Crippen molar-refractivity contribution in [2.24, 2.45) is 0 Å². The minimum absolute atomic E-state index is 0.973. The van der Waals surface area contributed by atoms with Crippen LogP contribution < -0.4 is 0 Å². The molecule has 0 fully saturated rings. The van der Waals surface area contributed by atoms with E-state index in [0.717, 1.165) is 35.4 Å². The van der Waals surface area contributed by atoms with Gasteiger partial charge in [0.1, 0.15) is 11.6 Å². The van der Waals surface area contributed by atoms with Gasteiger partial charge in [-0.1, -0.05) is 15.9 Å². The molecule has 2 aromatic rings. The van der Waals surface area contributed by atoms with Crippen LogP contribution >= 0.6 is 15.9 Å². The van der Waals surface area contributed by atoms with Crippen LogP contribution in [0.2, 0.25) is 0 Å². The molecule has 0 N–H and O–H groups in total. The second-order valence-corrected chi connectivity index (χ2v) is 5.04. The Balaban J connectivity index is 2.28. The minimum Gasteiger partial charge on any atom is -0.283 e. The van der Waals surface area contributed by atoms with E-state index >= 15 is 0 Å². The van der Waals surface area contributed by atoms with Gasteiger partial charge in [0, 0.05) is 10.9 Å². The first-order chi connectivity index (χ1) is 7.75. The SMILES string of the molecule is Cc1nnc2n1-c1ccc(Br)cc1CCC2. The maximum atomic E-state index is 4.24. The smallest absolute Gasteiger partial charge is 0.137 e. The van der Waals surface area contributed by atoms with Crippen molar-refractivity contribution in [3.05, 3.63) is 39.9 Å². The second-order valence-electron chi connectivity index (χ2n) is 4.13. The first-order valence-corrected chi connectivity index (χ1v) is 6.25. The summed E-state index contributed by atoms with van der Waals surface area (Å²) in [5, 5.41) is 8.40. The van der Waals surface area contributed by atoms with Crippen LogP contribution in [0.4, 0.5) is 0 Å². The highest BCUT2D eigenvalue weighted by Crippen LogP contribution is 2.26. The van der Waals surface area contributed by atoms with Gasteiger partial charge in [-0.15, -0.1) is 10.2 Å². The third kappa shape index (κ3) is 1.48. The van der Waals surface area contributed by atoms with Crippen molar-refractivity contribution in [1.29, 1.82) is 0 Å². The molecule has 0 unspecified atom stereocenters. The quantitative estimate of drug-likeness (QED) is 0.742. The fraction of sp³-hybridized carbons (Fsp3) is 0.333. The van der Waals surface area contributed by atoms with Gasteiger partial charge >= 0.3 is 0 Å². The summed E-state index contributed by atoms with van der Waals surface area (Å²) < 4.78 is 3.31. The van der Waals surface area contributed by atoms with Crippen LogP contribution in [-0.4, -0.2) is 14.8 Å². The van der Waals surface area contributed by atoms with E-state index in [1.165, 1.54) is 11.3 Å². The number of aromatic nitrogens is 3. The normalized spacial score (nSPS) is 14.1. The summed E-state index contributed by atoms with van der Waals surface area (Å²) in [7, 11) is 0. The Labute approximate surface area is 103 Å². The molecule has 0 aliphatic carbocycles. The molecule has 1 aromatic carbocycles. The number of benzene rings is 1. The molecule has 0 bridgehead atoms. The summed E-state index contributed by atoms with van der Waals surface area (Å²) in [6, 6.07) is 6.42. The third-order valence-corrected chi connectivity index (χ3v) is 3.51. The van der Waals surface area contributed by atoms with Gasteiger partial charge in [0.25, 0.3) is 0 Å². The zero-order valence-electron chi connectivity index (χ0n) is 9.07. The van der Waals surface area contributed by atoms with E-state index in [2.05, 4.69) is 48.9 Å². The lowest BCUT2D eigenvalue weighted by Crippen LogP contribution is -2.02. The predicted octanol–water partition coefficient (Wildman–Crippen LogP) is 2.83. The molecular weight excluding hydrogens is 266 g/mol. The molecular formula is C12H12BrN3. The topological polar surface area (TPSA) is 30.7 Å². The van der Waals surface area contributed by atoms with E-state index in [0.29, 0.717) is 0 Å². The standard InChI is InChI=1S/C12H12BrN3/c1-8-14-15-12-4-2-3-9-7-10(13)5-6-11(9)16(8)12/h5-7H,2-4H2,1H3. The number of halogens is 1. The van der Waals surface area contributed by atoms with E-state index in [1.807, 2.05) is 6.92 Å². The van der Waals surface area contributed by atoms with Gasteiger partial charge in [0.15, 0.2) is 0 Å². The highest BCUT2D eigenvalue weighted by Gasteiger charge is 2.17. The van der Waals surface area contributed by atoms with Gasteiger partial charge in [-0.25, -0.2) is 0 Å². The Morgan fingerprint density at radius 3 is 3.00 bits per heavy atom. The number of rotatable bonds is 0. The predicted molar refractivity (Wildman–Crippen MR) is 65.8 cm³/mol. The Morgan fingerprint density at radius 2 is 2.12 bits per heavy atom. The van der Waals surface area contributed by atoms with Crippen LogP contribution in [0.5, 0.6) is 0 Å². The third-order valence-electron chi connectivity index (χ3n) is 3.02. The number of nitrogens with zero attached hydrogens (tertiary/aromatic N) is 3. The van der Waals surface area contributed by atoms with Gasteiger partial charge in [-0.05, 0) is 43.5 Å². The first kappa shape index (κ1) is 10.0. The zero-order valence-corrected chi connectivity index (χ0v) is 10.7. The average Bonchev–Trinajstić information content (AvgIpc) is 2.53. The van der Waals surface area contributed by atoms with Gasteiger partial charge in [-0.3, -0.25) is 4.57 Å². The van der Waals surface area contributed by atoms with Gasteiger partial charge < -0.3 is 0 Å². The molecule has 0 atom stereocenters. The van der Waals surface area contributed by atoms with Crippen molar-refractivity contribution in [1.82, 2.24) is 14.8 Å². The number of hydrogen-bond acceptors (Lipinski definition) is 2. The summed E-state index contributed by atoms with van der Waals surface area (Å²) in [6.07, 6.45) is 3.26. The van der Waals surface area contributed by atoms with Crippen molar-refractivity contribution in [2.45, 2.75) is 26.2 Å². The maximum Gasteiger partial charge on any atom is 0.137 e. The zero-order chi connectivity index (χ0) is 11.1. The lowest BCUT2D eigenvalue weighted by Gasteiger charge is -2.10. The maximum absolute atomic E-state index is 4.24. The highest BCUT2D eigenvalue weighted by molar-refractivity contribution is 9.10. The Hall–Kier alpha value is -1.16. The van der Waals surface area contributed by atoms with Crippen molar-refractivity contribution < 1.29 is 0 Å². The summed E-state index contributed by atoms with van der Waals surface area (Å²) in [6.45, 7) is 2.01. The molecule has 1 aliphatic heterocycles. The van der Waals surface area contributed by atoms with Crippen LogP contribution in [0.1, 0.15) is 23.6 Å². The van der Waals surface area contributed by atoms with Crippen molar-refractivity contribution >= 4 is 15.9 Å². The first-order valence-electron chi connectivity index (χ1n) is 5.45. The molecule has 0 saturated carbocycles. The molecule has 0 amide bonds. The summed E-state index contributed by atoms with van der Waals surface area (Å²) in [4.78, 5) is 0. The van der Waals surface area contributed by atoms with Crippen LogP contribution in [0.3, 0.4) is 0 Å². The van der Waals surface area contributed by atoms with E-state index < -0.39 is 0 Å². The molecule has 1 aromatic heterocycles. The van der Waals surface area contributed by atoms with Gasteiger partial charge in [-0.2, -0.15) is 0 Å². The molecule has 0 saturated heterocycles. The lowest BCUT2D eigenvalue weighted by molar-refractivity contribution is 0.782. The Morgan fingerprint density at radius 1 is 1.25 bits per heavy atom. The lowest BCUT2D eigenvalue weighted by atomic mass is 10.1. The molecule has 1 aliphatic rings. The average molecular weight is 278 g/mol. The summed E-state index contributed by atoms with van der Waals surface area (Å²) in [5.41, 5.74) is 2.61. The highest BCUT2D eigenvalue weighted by atomic mass is 79.9. The molecule has 3 rings (SSSR count). The fourth-order valence-electron chi connectivity index (χ4n) is 2.29. The second kappa shape index (κ2) is 3.70. The molecule has 0 radical (unpaired) electrons. The largest absolute Gasteiger partial charge is 0.283 e. The summed E-state index contributed by atoms with van der Waals surface area (Å²) >= 11 is 3.52. The molecule has 0 spiro atoms. The molecule has 2 heterocycles. The van der Waals surface area contributed by atoms with Crippen LogP contribution in [-0.2, 0) is 12.8 Å². The molecule has 3 nitrogen and oxygen atoms in total. The number of hydrogen-bond donors (Lipinski definition) is 0. The van der Waals surface area contributed by atoms with Crippen molar-refractivity contribution in [2.75, 3.05) is 0 Å². The van der Waals surface area contributed by atoms with Gasteiger partial charge in [0.05, 0.1) is 5.69 Å². The monoisotopic (exact) mass is 277 g/mol. The van der Waals surface area contributed by atoms with Crippen molar-refractivity contribution in [3.63, 3.8) is 0 Å². The number of aryl methyl sites for hydroxylation is 3. The van der Waals surface area contributed by atoms with Crippen LogP contribution in [0.15, 0.2) is 22.7 Å². The van der Waals surface area contributed by atoms with E-state index in [-0.39, 0.29) is 0 Å². The Kier molecular flexibility index (Phi) is 2.32. The molecule has 16 heavy (non-hydrogen) atoms. The van der Waals surface area contributed by atoms with E-state index in [1.54, 1.807) is 0 Å². The molecule has 4 heteroatoms. The Bertz CT molecular complexity index is 545. The van der Waals surface area contributed by atoms with Crippen LogP contribution in [0, 0.1) is 6.92 Å². The summed E-state index contributed by atoms with van der Waals surface area (Å²) in [5.74, 6) is 2.05. The number of fused-ring (bicyclic) bond motifs is 3. The van der Waals surface area contributed by atoms with Crippen molar-refractivity contribution in [3.8, 4) is 5.69 Å². The molecule has 82 valence electrons. The minimum atomic E-state index is 0.973.